The number of alkyl halides is 7. The fraction of sp³-hybridized carbons (Fsp3) is 0.231. The van der Waals surface area contributed by atoms with Gasteiger partial charge in [0.05, 0.1) is 0 Å². The molecule has 0 bridgehead atoms. The lowest BCUT2D eigenvalue weighted by Crippen LogP contribution is -2.18. The summed E-state index contributed by atoms with van der Waals surface area (Å²) in [5, 5.41) is 4.51. The quantitative estimate of drug-likeness (QED) is 0.173. The van der Waals surface area contributed by atoms with Gasteiger partial charge in [-0.2, -0.15) is 0 Å². The Morgan fingerprint density at radius 3 is 1.41 bits per heavy atom. The summed E-state index contributed by atoms with van der Waals surface area (Å²) in [6.07, 6.45) is -9.33. The zero-order valence-electron chi connectivity index (χ0n) is 27.7. The Morgan fingerprint density at radius 2 is 0.878 bits per heavy atom. The van der Waals surface area contributed by atoms with Crippen LogP contribution in [0.1, 0.15) is 33.4 Å². The van der Waals surface area contributed by atoms with Crippen LogP contribution in [-0.4, -0.2) is 19.6 Å². The lowest BCUT2D eigenvalue weighted by molar-refractivity contribution is -0.275. The van der Waals surface area contributed by atoms with E-state index in [-0.39, 0.29) is 11.5 Å². The molecule has 0 radical (unpaired) electrons. The summed E-state index contributed by atoms with van der Waals surface area (Å²) >= 11 is 0. The molecule has 258 valence electrons. The van der Waals surface area contributed by atoms with Crippen LogP contribution in [0, 0.1) is 41.5 Å². The third-order valence-electron chi connectivity index (χ3n) is 7.50. The van der Waals surface area contributed by atoms with E-state index in [1.807, 2.05) is 70.2 Å². The molecule has 6 aromatic rings. The van der Waals surface area contributed by atoms with Crippen LogP contribution in [0.5, 0.6) is 17.2 Å². The molecule has 49 heavy (non-hydrogen) atoms. The van der Waals surface area contributed by atoms with Crippen LogP contribution in [0.2, 0.25) is 0 Å². The second-order valence-electron chi connectivity index (χ2n) is 11.7. The van der Waals surface area contributed by atoms with Crippen molar-refractivity contribution in [2.45, 2.75) is 54.3 Å². The molecule has 0 saturated heterocycles. The maximum absolute atomic E-state index is 12.3. The van der Waals surface area contributed by atoms with E-state index in [4.69, 9.17) is 4.74 Å². The minimum Gasteiger partial charge on any atom is -0.462 e. The van der Waals surface area contributed by atoms with Gasteiger partial charge in [-0.1, -0.05) is 95.6 Å². The van der Waals surface area contributed by atoms with E-state index in [1.165, 1.54) is 11.6 Å². The van der Waals surface area contributed by atoms with Crippen molar-refractivity contribution in [2.75, 3.05) is 6.86 Å². The Balaban J connectivity index is 0.000000166. The molecular formula is C39H35F7O3. The van der Waals surface area contributed by atoms with Crippen molar-refractivity contribution < 1.29 is 44.9 Å². The van der Waals surface area contributed by atoms with E-state index in [9.17, 15) is 30.7 Å². The molecule has 0 aliphatic heterocycles. The number of fused-ring (bicyclic) bond motifs is 3. The Bertz CT molecular complexity index is 2070. The van der Waals surface area contributed by atoms with Crippen LogP contribution in [0.15, 0.2) is 91.0 Å². The normalized spacial score (nSPS) is 11.4. The Kier molecular flexibility index (Phi) is 11.3. The minimum atomic E-state index is -4.66. The number of ether oxygens (including phenoxy) is 3. The molecule has 0 aromatic heterocycles. The first-order valence-corrected chi connectivity index (χ1v) is 15.2. The smallest absolute Gasteiger partial charge is 0.462 e. The maximum atomic E-state index is 12.3. The van der Waals surface area contributed by atoms with Crippen molar-refractivity contribution in [1.82, 2.24) is 0 Å². The average molecular weight is 685 g/mol. The summed E-state index contributed by atoms with van der Waals surface area (Å²) in [6, 6.07) is 27.3. The maximum Gasteiger partial charge on any atom is 0.573 e. The van der Waals surface area contributed by atoms with Crippen molar-refractivity contribution in [3.05, 3.63) is 124 Å². The van der Waals surface area contributed by atoms with Gasteiger partial charge in [-0.3, -0.25) is 0 Å². The summed E-state index contributed by atoms with van der Waals surface area (Å²) in [7, 11) is 0. The second kappa shape index (κ2) is 15.1. The van der Waals surface area contributed by atoms with Gasteiger partial charge in [0.15, 0.2) is 0 Å². The van der Waals surface area contributed by atoms with Gasteiger partial charge in [0, 0.05) is 16.2 Å². The summed E-state index contributed by atoms with van der Waals surface area (Å²) in [6.45, 7) is 10.2. The van der Waals surface area contributed by atoms with Crippen LogP contribution in [0.3, 0.4) is 0 Å². The van der Waals surface area contributed by atoms with Gasteiger partial charge in [-0.25, -0.2) is 4.39 Å². The summed E-state index contributed by atoms with van der Waals surface area (Å²) in [5.74, 6) is 0.390. The molecular weight excluding hydrogens is 649 g/mol. The monoisotopic (exact) mass is 684 g/mol. The number of benzene rings is 6. The first kappa shape index (κ1) is 36.8. The molecule has 3 nitrogen and oxygen atoms in total. The van der Waals surface area contributed by atoms with Gasteiger partial charge < -0.3 is 14.2 Å². The molecule has 0 N–H and O–H groups in total. The van der Waals surface area contributed by atoms with Crippen molar-refractivity contribution in [2.24, 2.45) is 0 Å². The molecule has 0 atom stereocenters. The number of hydrogen-bond donors (Lipinski definition) is 0. The van der Waals surface area contributed by atoms with Gasteiger partial charge >= 0.3 is 12.7 Å². The fourth-order valence-electron chi connectivity index (χ4n) is 5.35. The van der Waals surface area contributed by atoms with Crippen molar-refractivity contribution >= 4 is 32.3 Å². The van der Waals surface area contributed by atoms with Crippen LogP contribution in [0.4, 0.5) is 30.7 Å². The predicted molar refractivity (Wildman–Crippen MR) is 180 cm³/mol. The highest BCUT2D eigenvalue weighted by atomic mass is 19.4. The number of halogens is 7. The van der Waals surface area contributed by atoms with E-state index in [2.05, 4.69) is 15.5 Å². The molecule has 10 heteroatoms. The van der Waals surface area contributed by atoms with Gasteiger partial charge in [0.2, 0.25) is 6.86 Å². The van der Waals surface area contributed by atoms with E-state index in [0.717, 1.165) is 43.8 Å². The van der Waals surface area contributed by atoms with Crippen molar-refractivity contribution in [1.29, 1.82) is 0 Å². The highest BCUT2D eigenvalue weighted by Gasteiger charge is 2.33. The first-order chi connectivity index (χ1) is 22.9. The van der Waals surface area contributed by atoms with Crippen LogP contribution in [0.25, 0.3) is 32.3 Å². The van der Waals surface area contributed by atoms with Gasteiger partial charge in [-0.05, 0) is 86.5 Å². The second-order valence-corrected chi connectivity index (χ2v) is 11.7. The predicted octanol–water partition coefficient (Wildman–Crippen LogP) is 12.5. The van der Waals surface area contributed by atoms with Crippen molar-refractivity contribution in [3.8, 4) is 17.2 Å². The molecule has 0 spiro atoms. The van der Waals surface area contributed by atoms with E-state index >= 15 is 0 Å². The molecule has 0 saturated carbocycles. The molecule has 6 aromatic carbocycles. The highest BCUT2D eigenvalue weighted by Crippen LogP contribution is 2.35. The van der Waals surface area contributed by atoms with Crippen molar-refractivity contribution in [3.63, 3.8) is 0 Å². The zero-order chi connectivity index (χ0) is 36.1. The summed E-state index contributed by atoms with van der Waals surface area (Å²) in [4.78, 5) is 0. The molecule has 6 rings (SSSR count). The topological polar surface area (TPSA) is 27.7 Å². The molecule has 0 unspecified atom stereocenters. The van der Waals surface area contributed by atoms with Crippen LogP contribution in [-0.2, 0) is 0 Å². The molecule has 0 fully saturated rings. The third kappa shape index (κ3) is 10.0. The van der Waals surface area contributed by atoms with Crippen LogP contribution >= 0.6 is 0 Å². The lowest BCUT2D eigenvalue weighted by Gasteiger charge is -2.14. The largest absolute Gasteiger partial charge is 0.573 e. The Morgan fingerprint density at radius 1 is 0.449 bits per heavy atom. The minimum absolute atomic E-state index is 0.116. The number of aryl methyl sites for hydroxylation is 6. The zero-order valence-corrected chi connectivity index (χ0v) is 27.7. The van der Waals surface area contributed by atoms with Gasteiger partial charge in [0.1, 0.15) is 17.2 Å². The Hall–Kier alpha value is -4.99. The van der Waals surface area contributed by atoms with E-state index in [1.54, 1.807) is 50.2 Å². The number of hydrogen-bond acceptors (Lipinski definition) is 3. The summed E-state index contributed by atoms with van der Waals surface area (Å²) < 4.78 is 99.2. The standard InChI is InChI=1S/2C13H11F3O.C13H13FO/c1-8-3-6-11-10(7-8)5-4-9(2)12(11)17-13(14,15)16;1-8-3-4-10-5-9(2)7-12(11(10)6-8)17-13(14,15)16;1-9-3-6-12-11(7-9)5-4-10(2)13(12)15-8-14/h2*3-7H,1-2H3;3-7H,8H2,1-2H3. The molecule has 0 heterocycles. The van der Waals surface area contributed by atoms with Crippen LogP contribution < -0.4 is 14.2 Å². The highest BCUT2D eigenvalue weighted by molar-refractivity contribution is 5.91. The van der Waals surface area contributed by atoms with Gasteiger partial charge in [0.25, 0.3) is 0 Å². The molecule has 0 aliphatic rings. The summed E-state index contributed by atoms with van der Waals surface area (Å²) in [5.41, 5.74) is 5.26. The molecule has 0 amide bonds. The fourth-order valence-corrected chi connectivity index (χ4v) is 5.35. The lowest BCUT2D eigenvalue weighted by atomic mass is 10.0. The first-order valence-electron chi connectivity index (χ1n) is 15.2. The number of rotatable bonds is 4. The SMILES string of the molecule is Cc1cc(OC(F)(F)F)c2cc(C)ccc2c1.Cc1ccc2c(OC(F)(F)F)c(C)ccc2c1.Cc1ccc2c(OCF)c(C)ccc2c1. The third-order valence-corrected chi connectivity index (χ3v) is 7.50. The average Bonchev–Trinajstić information content (AvgIpc) is 3.00. The Labute approximate surface area is 279 Å². The molecule has 0 aliphatic carbocycles. The van der Waals surface area contributed by atoms with Gasteiger partial charge in [-0.15, -0.1) is 26.3 Å². The van der Waals surface area contributed by atoms with E-state index in [0.29, 0.717) is 22.1 Å². The van der Waals surface area contributed by atoms with E-state index < -0.39 is 19.6 Å².